The number of benzene rings is 2. The number of aryl methyl sites for hydroxylation is 2. The second-order valence-corrected chi connectivity index (χ2v) is 7.56. The van der Waals surface area contributed by atoms with Gasteiger partial charge >= 0.3 is 0 Å². The first-order valence-electron chi connectivity index (χ1n) is 9.79. The lowest BCUT2D eigenvalue weighted by Crippen LogP contribution is -2.25. The Morgan fingerprint density at radius 1 is 1.00 bits per heavy atom. The van der Waals surface area contributed by atoms with E-state index in [4.69, 9.17) is 4.98 Å². The Balaban J connectivity index is 1.75. The van der Waals surface area contributed by atoms with Crippen LogP contribution < -0.4 is 5.56 Å². The third kappa shape index (κ3) is 3.44. The number of para-hydroxylation sites is 2. The molecule has 0 aliphatic heterocycles. The van der Waals surface area contributed by atoms with Crippen molar-refractivity contribution in [1.29, 1.82) is 0 Å². The topological polar surface area (TPSA) is 34.9 Å². The summed E-state index contributed by atoms with van der Waals surface area (Å²) in [7, 11) is 0. The van der Waals surface area contributed by atoms with Gasteiger partial charge in [0.25, 0.3) is 5.56 Å². The monoisotopic (exact) mass is 346 g/mol. The highest BCUT2D eigenvalue weighted by atomic mass is 16.1. The van der Waals surface area contributed by atoms with Crippen molar-refractivity contribution < 1.29 is 0 Å². The van der Waals surface area contributed by atoms with Gasteiger partial charge in [-0.15, -0.1) is 0 Å². The smallest absolute Gasteiger partial charge is 0.277 e. The Hall–Kier alpha value is -2.42. The van der Waals surface area contributed by atoms with Crippen LogP contribution >= 0.6 is 0 Å². The summed E-state index contributed by atoms with van der Waals surface area (Å²) >= 11 is 0. The molecule has 134 valence electrons. The minimum atomic E-state index is 0.0309. The summed E-state index contributed by atoms with van der Waals surface area (Å²) in [6, 6.07) is 16.1. The standard InChI is InChI=1S/C23H26N2O/c1-17-11-13-19(14-12-17)22-23(26)25(16-15-18-7-3-2-4-8-18)21-10-6-5-9-20(21)24-22/h5-6,9-14,18H,2-4,7-8,15-16H2,1H3. The van der Waals surface area contributed by atoms with Gasteiger partial charge in [0.15, 0.2) is 0 Å². The molecule has 2 aromatic carbocycles. The lowest BCUT2D eigenvalue weighted by Gasteiger charge is -2.22. The quantitative estimate of drug-likeness (QED) is 0.639. The molecule has 1 saturated carbocycles. The lowest BCUT2D eigenvalue weighted by molar-refractivity contribution is 0.324. The van der Waals surface area contributed by atoms with Crippen LogP contribution in [0.15, 0.2) is 53.3 Å². The molecule has 4 rings (SSSR count). The highest BCUT2D eigenvalue weighted by molar-refractivity contribution is 5.77. The highest BCUT2D eigenvalue weighted by Gasteiger charge is 2.16. The zero-order chi connectivity index (χ0) is 17.9. The van der Waals surface area contributed by atoms with Gasteiger partial charge in [-0.25, -0.2) is 4.98 Å². The van der Waals surface area contributed by atoms with E-state index in [1.54, 1.807) is 0 Å². The third-order valence-electron chi connectivity index (χ3n) is 5.66. The van der Waals surface area contributed by atoms with E-state index >= 15 is 0 Å². The Kier molecular flexibility index (Phi) is 4.87. The molecular weight excluding hydrogens is 320 g/mol. The molecule has 0 bridgehead atoms. The molecule has 0 saturated heterocycles. The van der Waals surface area contributed by atoms with Gasteiger partial charge < -0.3 is 4.57 Å². The van der Waals surface area contributed by atoms with Crippen molar-refractivity contribution in [1.82, 2.24) is 9.55 Å². The average molecular weight is 346 g/mol. The van der Waals surface area contributed by atoms with Gasteiger partial charge in [-0.2, -0.15) is 0 Å². The SMILES string of the molecule is Cc1ccc(-c2nc3ccccc3n(CCC3CCCCC3)c2=O)cc1. The Morgan fingerprint density at radius 3 is 2.50 bits per heavy atom. The predicted octanol–water partition coefficient (Wildman–Crippen LogP) is 5.34. The largest absolute Gasteiger partial charge is 0.305 e. The molecule has 1 aromatic heterocycles. The van der Waals surface area contributed by atoms with Crippen molar-refractivity contribution in [2.24, 2.45) is 5.92 Å². The van der Waals surface area contributed by atoms with Crippen LogP contribution in [0.4, 0.5) is 0 Å². The molecule has 3 aromatic rings. The van der Waals surface area contributed by atoms with Gasteiger partial charge in [-0.05, 0) is 31.4 Å². The van der Waals surface area contributed by atoms with Crippen molar-refractivity contribution >= 4 is 11.0 Å². The van der Waals surface area contributed by atoms with Crippen molar-refractivity contribution in [2.75, 3.05) is 0 Å². The van der Waals surface area contributed by atoms with Crippen LogP contribution in [0, 0.1) is 12.8 Å². The molecule has 3 heteroatoms. The first kappa shape index (κ1) is 17.0. The number of nitrogens with zero attached hydrogens (tertiary/aromatic N) is 2. The molecule has 0 unspecified atom stereocenters. The minimum absolute atomic E-state index is 0.0309. The van der Waals surface area contributed by atoms with Crippen LogP contribution in [-0.4, -0.2) is 9.55 Å². The van der Waals surface area contributed by atoms with E-state index in [1.165, 1.54) is 37.7 Å². The van der Waals surface area contributed by atoms with E-state index in [2.05, 4.69) is 6.92 Å². The molecule has 1 heterocycles. The molecule has 0 radical (unpaired) electrons. The summed E-state index contributed by atoms with van der Waals surface area (Å²) in [5.74, 6) is 0.755. The number of hydrogen-bond donors (Lipinski definition) is 0. The highest BCUT2D eigenvalue weighted by Crippen LogP contribution is 2.27. The Labute approximate surface area is 154 Å². The maximum atomic E-state index is 13.2. The van der Waals surface area contributed by atoms with Gasteiger partial charge in [0.2, 0.25) is 0 Å². The van der Waals surface area contributed by atoms with Crippen LogP contribution in [0.3, 0.4) is 0 Å². The molecule has 1 fully saturated rings. The minimum Gasteiger partial charge on any atom is -0.305 e. The van der Waals surface area contributed by atoms with Crippen molar-refractivity contribution in [3.8, 4) is 11.3 Å². The van der Waals surface area contributed by atoms with Gasteiger partial charge in [-0.3, -0.25) is 4.79 Å². The molecule has 0 spiro atoms. The number of fused-ring (bicyclic) bond motifs is 1. The summed E-state index contributed by atoms with van der Waals surface area (Å²) in [5, 5.41) is 0. The first-order chi connectivity index (χ1) is 12.7. The molecule has 1 aliphatic carbocycles. The van der Waals surface area contributed by atoms with E-state index < -0.39 is 0 Å². The van der Waals surface area contributed by atoms with E-state index in [9.17, 15) is 4.79 Å². The number of hydrogen-bond acceptors (Lipinski definition) is 2. The lowest BCUT2D eigenvalue weighted by atomic mass is 9.87. The van der Waals surface area contributed by atoms with E-state index in [1.807, 2.05) is 53.1 Å². The molecule has 1 aliphatic rings. The first-order valence-corrected chi connectivity index (χ1v) is 9.79. The van der Waals surface area contributed by atoms with Crippen molar-refractivity contribution in [3.63, 3.8) is 0 Å². The maximum Gasteiger partial charge on any atom is 0.277 e. The molecule has 0 amide bonds. The summed E-state index contributed by atoms with van der Waals surface area (Å²) in [6.45, 7) is 2.84. The maximum absolute atomic E-state index is 13.2. The van der Waals surface area contributed by atoms with E-state index in [0.717, 1.165) is 35.5 Å². The summed E-state index contributed by atoms with van der Waals surface area (Å²) in [5.41, 5.74) is 4.52. The van der Waals surface area contributed by atoms with Crippen molar-refractivity contribution in [2.45, 2.75) is 52.0 Å². The van der Waals surface area contributed by atoms with Gasteiger partial charge in [0.05, 0.1) is 11.0 Å². The second kappa shape index (κ2) is 7.45. The van der Waals surface area contributed by atoms with Crippen LogP contribution in [0.25, 0.3) is 22.3 Å². The fourth-order valence-corrected chi connectivity index (χ4v) is 4.10. The third-order valence-corrected chi connectivity index (χ3v) is 5.66. The molecule has 0 atom stereocenters. The van der Waals surface area contributed by atoms with E-state index in [0.29, 0.717) is 5.69 Å². The summed E-state index contributed by atoms with van der Waals surface area (Å²) < 4.78 is 1.95. The molecule has 26 heavy (non-hydrogen) atoms. The summed E-state index contributed by atoms with van der Waals surface area (Å²) in [6.07, 6.45) is 7.75. The summed E-state index contributed by atoms with van der Waals surface area (Å²) in [4.78, 5) is 17.9. The Morgan fingerprint density at radius 2 is 1.73 bits per heavy atom. The molecule has 3 nitrogen and oxygen atoms in total. The van der Waals surface area contributed by atoms with Crippen LogP contribution in [0.1, 0.15) is 44.1 Å². The van der Waals surface area contributed by atoms with Crippen LogP contribution in [-0.2, 0) is 6.54 Å². The molecular formula is C23H26N2O. The van der Waals surface area contributed by atoms with Gasteiger partial charge in [-0.1, -0.05) is 74.1 Å². The normalized spacial score (nSPS) is 15.4. The zero-order valence-corrected chi connectivity index (χ0v) is 15.4. The number of aromatic nitrogens is 2. The van der Waals surface area contributed by atoms with Gasteiger partial charge in [0.1, 0.15) is 5.69 Å². The zero-order valence-electron chi connectivity index (χ0n) is 15.4. The predicted molar refractivity (Wildman–Crippen MR) is 107 cm³/mol. The fourth-order valence-electron chi connectivity index (χ4n) is 4.10. The van der Waals surface area contributed by atoms with Crippen molar-refractivity contribution in [3.05, 3.63) is 64.4 Å². The Bertz CT molecular complexity index is 950. The van der Waals surface area contributed by atoms with Gasteiger partial charge in [0, 0.05) is 12.1 Å². The number of rotatable bonds is 4. The van der Waals surface area contributed by atoms with Crippen LogP contribution in [0.5, 0.6) is 0 Å². The fraction of sp³-hybridized carbons (Fsp3) is 0.391. The van der Waals surface area contributed by atoms with Crippen LogP contribution in [0.2, 0.25) is 0 Å². The average Bonchev–Trinajstić information content (AvgIpc) is 2.68. The molecule has 0 N–H and O–H groups in total. The van der Waals surface area contributed by atoms with E-state index in [-0.39, 0.29) is 5.56 Å². The second-order valence-electron chi connectivity index (χ2n) is 7.56.